The zero-order valence-electron chi connectivity index (χ0n) is 14.2. The summed E-state index contributed by atoms with van der Waals surface area (Å²) in [7, 11) is 3.47. The lowest BCUT2D eigenvalue weighted by Crippen LogP contribution is -2.37. The Hall–Kier alpha value is -2.51. The Balaban J connectivity index is 1.90. The minimum absolute atomic E-state index is 0.0695. The van der Waals surface area contributed by atoms with Crippen LogP contribution in [0.25, 0.3) is 21.6 Å². The Kier molecular flexibility index (Phi) is 5.57. The van der Waals surface area contributed by atoms with E-state index in [1.54, 1.807) is 18.4 Å². The molecule has 2 aromatic heterocycles. The van der Waals surface area contributed by atoms with Crippen LogP contribution in [0.5, 0.6) is 0 Å². The van der Waals surface area contributed by atoms with Crippen molar-refractivity contribution in [3.63, 3.8) is 0 Å². The SMILES string of the molecule is COCCNC(=O)CN(C)c1nc(-c2cccs2)nc2ccccc12. The Bertz CT molecular complexity index is 851. The molecule has 0 spiro atoms. The van der Waals surface area contributed by atoms with E-state index < -0.39 is 0 Å². The quantitative estimate of drug-likeness (QED) is 0.659. The van der Waals surface area contributed by atoms with E-state index in [1.807, 2.05) is 53.7 Å². The second-order valence-electron chi connectivity index (χ2n) is 5.56. The van der Waals surface area contributed by atoms with Crippen LogP contribution in [0.15, 0.2) is 41.8 Å². The second kappa shape index (κ2) is 8.04. The minimum atomic E-state index is -0.0695. The second-order valence-corrected chi connectivity index (χ2v) is 6.51. The summed E-state index contributed by atoms with van der Waals surface area (Å²) < 4.78 is 4.95. The number of benzene rings is 1. The monoisotopic (exact) mass is 356 g/mol. The van der Waals surface area contributed by atoms with Gasteiger partial charge in [0.2, 0.25) is 5.91 Å². The van der Waals surface area contributed by atoms with Gasteiger partial charge in [-0.25, -0.2) is 9.97 Å². The van der Waals surface area contributed by atoms with Crippen molar-refractivity contribution < 1.29 is 9.53 Å². The first kappa shape index (κ1) is 17.3. The summed E-state index contributed by atoms with van der Waals surface area (Å²) in [6, 6.07) is 11.8. The molecule has 0 aliphatic rings. The molecule has 7 heteroatoms. The number of amides is 1. The van der Waals surface area contributed by atoms with Crippen LogP contribution in [0.1, 0.15) is 0 Å². The van der Waals surface area contributed by atoms with Gasteiger partial charge in [0.25, 0.3) is 0 Å². The molecule has 0 atom stereocenters. The van der Waals surface area contributed by atoms with E-state index in [0.29, 0.717) is 19.0 Å². The third-order valence-electron chi connectivity index (χ3n) is 3.70. The van der Waals surface area contributed by atoms with Crippen LogP contribution < -0.4 is 10.2 Å². The molecule has 1 amide bonds. The molecule has 0 bridgehead atoms. The first-order valence-corrected chi connectivity index (χ1v) is 8.84. The highest BCUT2D eigenvalue weighted by molar-refractivity contribution is 7.13. The van der Waals surface area contributed by atoms with Gasteiger partial charge in [0, 0.05) is 26.1 Å². The largest absolute Gasteiger partial charge is 0.383 e. The summed E-state index contributed by atoms with van der Waals surface area (Å²) in [5.74, 6) is 1.35. The average Bonchev–Trinajstić information content (AvgIpc) is 3.15. The predicted molar refractivity (Wildman–Crippen MR) is 101 cm³/mol. The summed E-state index contributed by atoms with van der Waals surface area (Å²) >= 11 is 1.60. The number of nitrogens with one attached hydrogen (secondary N) is 1. The molecule has 0 saturated carbocycles. The predicted octanol–water partition coefficient (Wildman–Crippen LogP) is 2.56. The van der Waals surface area contributed by atoms with Crippen LogP contribution >= 0.6 is 11.3 Å². The molecule has 6 nitrogen and oxygen atoms in total. The van der Waals surface area contributed by atoms with E-state index in [9.17, 15) is 4.79 Å². The lowest BCUT2D eigenvalue weighted by Gasteiger charge is -2.20. The minimum Gasteiger partial charge on any atom is -0.383 e. The molecule has 130 valence electrons. The summed E-state index contributed by atoms with van der Waals surface area (Å²) in [5, 5.41) is 5.75. The van der Waals surface area contributed by atoms with Gasteiger partial charge in [0.05, 0.1) is 23.5 Å². The van der Waals surface area contributed by atoms with E-state index in [-0.39, 0.29) is 12.5 Å². The molecule has 0 radical (unpaired) electrons. The number of methoxy groups -OCH3 is 1. The number of hydrogen-bond acceptors (Lipinski definition) is 6. The van der Waals surface area contributed by atoms with Gasteiger partial charge in [-0.05, 0) is 23.6 Å². The van der Waals surface area contributed by atoms with Crippen LogP contribution in [0.3, 0.4) is 0 Å². The molecular formula is C18H20N4O2S. The Morgan fingerprint density at radius 2 is 2.08 bits per heavy atom. The molecule has 3 aromatic rings. The highest BCUT2D eigenvalue weighted by Gasteiger charge is 2.15. The smallest absolute Gasteiger partial charge is 0.239 e. The van der Waals surface area contributed by atoms with Gasteiger partial charge < -0.3 is 15.0 Å². The van der Waals surface area contributed by atoms with Gasteiger partial charge >= 0.3 is 0 Å². The van der Waals surface area contributed by atoms with Gasteiger partial charge in [0.15, 0.2) is 5.82 Å². The Morgan fingerprint density at radius 1 is 1.24 bits per heavy atom. The van der Waals surface area contributed by atoms with Gasteiger partial charge in [0.1, 0.15) is 5.82 Å². The van der Waals surface area contributed by atoms with Gasteiger partial charge in [-0.2, -0.15) is 0 Å². The molecule has 0 unspecified atom stereocenters. The molecular weight excluding hydrogens is 336 g/mol. The molecule has 0 saturated heterocycles. The fourth-order valence-corrected chi connectivity index (χ4v) is 3.16. The molecule has 0 aliphatic carbocycles. The van der Waals surface area contributed by atoms with Gasteiger partial charge in [-0.15, -0.1) is 11.3 Å². The fourth-order valence-electron chi connectivity index (χ4n) is 2.51. The van der Waals surface area contributed by atoms with Crippen LogP contribution in [0.4, 0.5) is 5.82 Å². The van der Waals surface area contributed by atoms with Crippen LogP contribution in [0.2, 0.25) is 0 Å². The van der Waals surface area contributed by atoms with E-state index in [4.69, 9.17) is 9.72 Å². The molecule has 2 heterocycles. The van der Waals surface area contributed by atoms with Crippen LogP contribution in [-0.2, 0) is 9.53 Å². The van der Waals surface area contributed by atoms with Crippen molar-refractivity contribution in [2.45, 2.75) is 0 Å². The Labute approximate surface area is 150 Å². The molecule has 1 N–H and O–H groups in total. The number of likely N-dealkylation sites (N-methyl/N-ethyl adjacent to an activating group) is 1. The first-order chi connectivity index (χ1) is 12.2. The third kappa shape index (κ3) is 4.12. The maximum Gasteiger partial charge on any atom is 0.239 e. The molecule has 1 aromatic carbocycles. The summed E-state index contributed by atoms with van der Waals surface area (Å²) in [6.45, 7) is 1.21. The summed E-state index contributed by atoms with van der Waals surface area (Å²) in [5.41, 5.74) is 0.863. The van der Waals surface area contributed by atoms with Crippen molar-refractivity contribution in [2.24, 2.45) is 0 Å². The lowest BCUT2D eigenvalue weighted by molar-refractivity contribution is -0.119. The van der Waals surface area contributed by atoms with Crippen molar-refractivity contribution in [2.75, 3.05) is 38.8 Å². The number of carbonyl (C=O) groups is 1. The zero-order valence-corrected chi connectivity index (χ0v) is 15.0. The maximum atomic E-state index is 12.1. The third-order valence-corrected chi connectivity index (χ3v) is 4.56. The lowest BCUT2D eigenvalue weighted by atomic mass is 10.2. The standard InChI is InChI=1S/C18H20N4O2S/c1-22(12-16(23)19-9-10-24-2)18-13-6-3-4-7-14(13)20-17(21-18)15-8-5-11-25-15/h3-8,11H,9-10,12H2,1-2H3,(H,19,23). The topological polar surface area (TPSA) is 67.3 Å². The molecule has 3 rings (SSSR count). The molecule has 0 fully saturated rings. The number of rotatable bonds is 7. The normalized spacial score (nSPS) is 10.8. The van der Waals surface area contributed by atoms with Crippen molar-refractivity contribution in [1.29, 1.82) is 0 Å². The summed E-state index contributed by atoms with van der Waals surface area (Å²) in [4.78, 5) is 24.3. The number of ether oxygens (including phenoxy) is 1. The number of carbonyl (C=O) groups excluding carboxylic acids is 1. The Morgan fingerprint density at radius 3 is 2.84 bits per heavy atom. The van der Waals surface area contributed by atoms with E-state index in [2.05, 4.69) is 10.3 Å². The number of anilines is 1. The number of fused-ring (bicyclic) bond motifs is 1. The maximum absolute atomic E-state index is 12.1. The fraction of sp³-hybridized carbons (Fsp3) is 0.278. The molecule has 25 heavy (non-hydrogen) atoms. The van der Waals surface area contributed by atoms with Crippen molar-refractivity contribution in [1.82, 2.24) is 15.3 Å². The number of thiophene rings is 1. The van der Waals surface area contributed by atoms with Gasteiger partial charge in [-0.3, -0.25) is 4.79 Å². The number of nitrogens with zero attached hydrogens (tertiary/aromatic N) is 3. The van der Waals surface area contributed by atoms with E-state index >= 15 is 0 Å². The van der Waals surface area contributed by atoms with Crippen LogP contribution in [-0.4, -0.2) is 49.7 Å². The van der Waals surface area contributed by atoms with Crippen LogP contribution in [0, 0.1) is 0 Å². The average molecular weight is 356 g/mol. The number of hydrogen-bond donors (Lipinski definition) is 1. The van der Waals surface area contributed by atoms with Gasteiger partial charge in [-0.1, -0.05) is 18.2 Å². The van der Waals surface area contributed by atoms with E-state index in [0.717, 1.165) is 21.6 Å². The number of para-hydroxylation sites is 1. The molecule has 0 aliphatic heterocycles. The van der Waals surface area contributed by atoms with E-state index in [1.165, 1.54) is 0 Å². The van der Waals surface area contributed by atoms with Crippen molar-refractivity contribution in [3.8, 4) is 10.7 Å². The summed E-state index contributed by atoms with van der Waals surface area (Å²) in [6.07, 6.45) is 0. The van der Waals surface area contributed by atoms with Crippen molar-refractivity contribution >= 4 is 34.0 Å². The van der Waals surface area contributed by atoms with Crippen molar-refractivity contribution in [3.05, 3.63) is 41.8 Å². The highest BCUT2D eigenvalue weighted by atomic mass is 32.1. The first-order valence-electron chi connectivity index (χ1n) is 7.96. The number of aromatic nitrogens is 2. The zero-order chi connectivity index (χ0) is 17.6. The highest BCUT2D eigenvalue weighted by Crippen LogP contribution is 2.28.